The van der Waals surface area contributed by atoms with E-state index >= 15 is 0 Å². The molecule has 2 fully saturated rings. The molecule has 0 radical (unpaired) electrons. The van der Waals surface area contributed by atoms with Crippen LogP contribution in [0.5, 0.6) is 0 Å². The number of ether oxygens (including phenoxy) is 3. The fourth-order valence-electron chi connectivity index (χ4n) is 6.39. The van der Waals surface area contributed by atoms with Crippen LogP contribution in [0, 0.1) is 5.92 Å². The highest BCUT2D eigenvalue weighted by molar-refractivity contribution is 5.68. The van der Waals surface area contributed by atoms with Gasteiger partial charge in [0.15, 0.2) is 6.29 Å². The Morgan fingerprint density at radius 1 is 0.938 bits per heavy atom. The third-order valence-electron chi connectivity index (χ3n) is 8.69. The average Bonchev–Trinajstić information content (AvgIpc) is 3.09. The molecule has 9 atom stereocenters. The van der Waals surface area contributed by atoms with Gasteiger partial charge in [-0.15, -0.1) is 0 Å². The van der Waals surface area contributed by atoms with Gasteiger partial charge < -0.3 is 24.4 Å². The van der Waals surface area contributed by atoms with Gasteiger partial charge in [0.25, 0.3) is 0 Å². The van der Waals surface area contributed by atoms with Crippen LogP contribution in [0.4, 0.5) is 4.79 Å². The molecule has 1 amide bonds. The van der Waals surface area contributed by atoms with Gasteiger partial charge in [-0.3, -0.25) is 9.69 Å². The van der Waals surface area contributed by atoms with Gasteiger partial charge in [0, 0.05) is 33.2 Å². The van der Waals surface area contributed by atoms with Crippen molar-refractivity contribution in [3.05, 3.63) is 103 Å². The molecule has 17 heteroatoms. The van der Waals surface area contributed by atoms with Crippen LogP contribution in [-0.2, 0) is 32.2 Å². The molecule has 4 rings (SSSR count). The number of carbonyl (C=O) groups is 2. The zero-order valence-electron chi connectivity index (χ0n) is 26.3. The molecule has 1 unspecified atom stereocenters. The number of nitrogens with zero attached hydrogens (tertiary/aromatic N) is 10. The summed E-state index contributed by atoms with van der Waals surface area (Å²) in [4.78, 5) is 35.5. The summed E-state index contributed by atoms with van der Waals surface area (Å²) in [5.41, 5.74) is 29.3. The van der Waals surface area contributed by atoms with E-state index in [1.807, 2.05) is 67.6 Å². The number of carboxylic acids is 1. The maximum absolute atomic E-state index is 13.7. The molecule has 1 aliphatic carbocycles. The first-order chi connectivity index (χ1) is 23.3. The normalized spacial score (nSPS) is 27.2. The van der Waals surface area contributed by atoms with E-state index in [0.717, 1.165) is 11.1 Å². The lowest BCUT2D eigenvalue weighted by atomic mass is 9.76. The Morgan fingerprint density at radius 3 is 2.15 bits per heavy atom. The van der Waals surface area contributed by atoms with Crippen LogP contribution in [0.25, 0.3) is 31.3 Å². The molecule has 1 saturated carbocycles. The van der Waals surface area contributed by atoms with Gasteiger partial charge in [0.1, 0.15) is 6.61 Å². The Kier molecular flexibility index (Phi) is 13.3. The highest BCUT2D eigenvalue weighted by Gasteiger charge is 2.48. The Labute approximate surface area is 276 Å². The predicted octanol–water partition coefficient (Wildman–Crippen LogP) is 6.39. The summed E-state index contributed by atoms with van der Waals surface area (Å²) >= 11 is 0. The van der Waals surface area contributed by atoms with Crippen molar-refractivity contribution in [2.45, 2.75) is 101 Å². The third kappa shape index (κ3) is 9.29. The maximum atomic E-state index is 13.7. The van der Waals surface area contributed by atoms with E-state index in [1.54, 1.807) is 4.90 Å². The van der Waals surface area contributed by atoms with E-state index in [0.29, 0.717) is 19.3 Å². The third-order valence-corrected chi connectivity index (χ3v) is 8.69. The monoisotopic (exact) mass is 662 g/mol. The predicted molar refractivity (Wildman–Crippen MR) is 171 cm³/mol. The number of aliphatic carboxylic acids is 1. The largest absolute Gasteiger partial charge is 0.481 e. The molecular weight excluding hydrogens is 624 g/mol. The van der Waals surface area contributed by atoms with Gasteiger partial charge in [0.2, 0.25) is 0 Å². The molecule has 2 N–H and O–H groups in total. The fourth-order valence-corrected chi connectivity index (χ4v) is 6.39. The topological polar surface area (TPSA) is 252 Å². The second-order valence-corrected chi connectivity index (χ2v) is 11.7. The standard InChI is InChI=1S/C31H38N10O7/c1-2-25(41(17-19-9-5-3-6-10-19)31(45)46-18-20-11-7-4-8-12-20)26-14-13-22(35-38-32)30(47-26)48-29-24(37-40-34)16-23(36-39-33)21(28(29)44)15-27(42)43/h3-12,21-26,28-30,44H,2,13-18H2,1H3,(H,42,43)/t21-,22+,23+,24-,25-,26?,28-,29+,30+/m0/s1. The molecule has 2 aliphatic rings. The lowest BCUT2D eigenvalue weighted by Crippen LogP contribution is -2.57. The minimum absolute atomic E-state index is 0.0618. The Hall–Kier alpha value is -5.01. The highest BCUT2D eigenvalue weighted by Crippen LogP contribution is 2.37. The fraction of sp³-hybridized carbons (Fsp3) is 0.548. The van der Waals surface area contributed by atoms with E-state index in [4.69, 9.17) is 19.7 Å². The van der Waals surface area contributed by atoms with E-state index in [2.05, 4.69) is 30.1 Å². The van der Waals surface area contributed by atoms with Gasteiger partial charge >= 0.3 is 12.1 Å². The Balaban J connectivity index is 1.61. The van der Waals surface area contributed by atoms with Crippen LogP contribution in [-0.4, -0.2) is 75.9 Å². The number of aliphatic hydroxyl groups is 1. The highest BCUT2D eigenvalue weighted by atomic mass is 16.7. The minimum atomic E-state index is -1.54. The lowest BCUT2D eigenvalue weighted by Gasteiger charge is -2.46. The van der Waals surface area contributed by atoms with Gasteiger partial charge in [0.05, 0.1) is 42.9 Å². The SMILES string of the molecule is CC[C@@H](C1CC[C@@H](N=[N+]=[N-])[C@@H](O[C@H]2[C@@H](O)[C@@H](CC(=O)O)[C@H](N=[N+]=[N-])C[C@@H]2N=[N+]=[N-])O1)N(Cc1ccccc1)C(=O)OCc1ccccc1. The number of azide groups is 3. The van der Waals surface area contributed by atoms with Crippen LogP contribution >= 0.6 is 0 Å². The second-order valence-electron chi connectivity index (χ2n) is 11.7. The van der Waals surface area contributed by atoms with Crippen molar-refractivity contribution in [2.75, 3.05) is 0 Å². The van der Waals surface area contributed by atoms with Gasteiger partial charge in [-0.25, -0.2) is 4.79 Å². The van der Waals surface area contributed by atoms with Crippen LogP contribution < -0.4 is 0 Å². The smallest absolute Gasteiger partial charge is 0.410 e. The summed E-state index contributed by atoms with van der Waals surface area (Å²) in [5.74, 6) is -2.29. The van der Waals surface area contributed by atoms with Crippen molar-refractivity contribution >= 4 is 12.1 Å². The van der Waals surface area contributed by atoms with Crippen molar-refractivity contribution in [2.24, 2.45) is 21.3 Å². The summed E-state index contributed by atoms with van der Waals surface area (Å²) in [7, 11) is 0. The zero-order valence-corrected chi connectivity index (χ0v) is 26.3. The molecule has 0 bridgehead atoms. The molecule has 0 aromatic heterocycles. The van der Waals surface area contributed by atoms with Gasteiger partial charge in [-0.2, -0.15) is 0 Å². The summed E-state index contributed by atoms with van der Waals surface area (Å²) in [5, 5.41) is 32.1. The Bertz CT molecular complexity index is 1520. The summed E-state index contributed by atoms with van der Waals surface area (Å²) in [6.07, 6.45) is -4.78. The summed E-state index contributed by atoms with van der Waals surface area (Å²) in [6.45, 7) is 2.18. The van der Waals surface area contributed by atoms with Crippen molar-refractivity contribution in [3.63, 3.8) is 0 Å². The number of hydrogen-bond donors (Lipinski definition) is 2. The first-order valence-corrected chi connectivity index (χ1v) is 15.6. The lowest BCUT2D eigenvalue weighted by molar-refractivity contribution is -0.257. The molecule has 1 saturated heterocycles. The van der Waals surface area contributed by atoms with Crippen LogP contribution in [0.2, 0.25) is 0 Å². The molecule has 48 heavy (non-hydrogen) atoms. The van der Waals surface area contributed by atoms with Gasteiger partial charge in [-0.05, 0) is 53.4 Å². The Morgan fingerprint density at radius 2 is 1.54 bits per heavy atom. The molecule has 1 heterocycles. The number of benzene rings is 2. The van der Waals surface area contributed by atoms with E-state index < -0.39 is 73.2 Å². The number of amides is 1. The van der Waals surface area contributed by atoms with Crippen molar-refractivity contribution in [1.29, 1.82) is 0 Å². The molecule has 0 spiro atoms. The van der Waals surface area contributed by atoms with E-state index in [1.165, 1.54) is 0 Å². The summed E-state index contributed by atoms with van der Waals surface area (Å²) < 4.78 is 18.4. The van der Waals surface area contributed by atoms with E-state index in [9.17, 15) is 30.9 Å². The van der Waals surface area contributed by atoms with Crippen molar-refractivity contribution in [3.8, 4) is 0 Å². The minimum Gasteiger partial charge on any atom is -0.481 e. The number of rotatable bonds is 14. The molecule has 2 aromatic rings. The number of aliphatic hydroxyl groups excluding tert-OH is 1. The molecule has 1 aliphatic heterocycles. The van der Waals surface area contributed by atoms with Crippen molar-refractivity contribution in [1.82, 2.24) is 4.90 Å². The molecular formula is C31H38N10O7. The average molecular weight is 663 g/mol. The van der Waals surface area contributed by atoms with Crippen molar-refractivity contribution < 1.29 is 34.0 Å². The van der Waals surface area contributed by atoms with Crippen LogP contribution in [0.1, 0.15) is 50.2 Å². The van der Waals surface area contributed by atoms with Crippen LogP contribution in [0.3, 0.4) is 0 Å². The molecule has 17 nitrogen and oxygen atoms in total. The second kappa shape index (κ2) is 17.8. The van der Waals surface area contributed by atoms with Crippen LogP contribution in [0.15, 0.2) is 76.0 Å². The zero-order chi connectivity index (χ0) is 34.5. The number of carbonyl (C=O) groups excluding carboxylic acids is 1. The first kappa shape index (κ1) is 35.8. The first-order valence-electron chi connectivity index (χ1n) is 15.6. The van der Waals surface area contributed by atoms with E-state index in [-0.39, 0.29) is 19.6 Å². The maximum Gasteiger partial charge on any atom is 0.410 e. The number of carboxylic acid groups (broad SMARTS) is 1. The quantitative estimate of drug-likeness (QED) is 0.131. The summed E-state index contributed by atoms with van der Waals surface area (Å²) in [6, 6.07) is 15.3. The van der Waals surface area contributed by atoms with Gasteiger partial charge in [-0.1, -0.05) is 82.9 Å². The molecule has 254 valence electrons. The molecule has 2 aromatic carbocycles. The number of hydrogen-bond acceptors (Lipinski definition) is 9.